The second-order valence-corrected chi connectivity index (χ2v) is 6.34. The fourth-order valence-corrected chi connectivity index (χ4v) is 2.17. The Kier molecular flexibility index (Phi) is 3.42. The van der Waals surface area contributed by atoms with Gasteiger partial charge in [-0.2, -0.15) is 0 Å². The zero-order chi connectivity index (χ0) is 16.0. The number of hydrogen-bond acceptors (Lipinski definition) is 6. The minimum absolute atomic E-state index is 0.342. The molecular weight excluding hydrogens is 279 g/mol. The molecular formula is C15H19BN4O2. The highest BCUT2D eigenvalue weighted by Gasteiger charge is 2.52. The molecule has 0 saturated carbocycles. The van der Waals surface area contributed by atoms with Crippen molar-refractivity contribution < 1.29 is 9.31 Å². The SMILES string of the molecule is CC1(C)OB(c2cnc(-c3ccccn3)nc2N)OC1(C)C. The molecule has 2 aromatic rings. The molecule has 0 atom stereocenters. The van der Waals surface area contributed by atoms with E-state index in [9.17, 15) is 0 Å². The molecule has 3 rings (SSSR count). The first-order valence-corrected chi connectivity index (χ1v) is 7.20. The van der Waals surface area contributed by atoms with Crippen molar-refractivity contribution in [3.63, 3.8) is 0 Å². The van der Waals surface area contributed by atoms with E-state index in [0.717, 1.165) is 0 Å². The van der Waals surface area contributed by atoms with E-state index < -0.39 is 18.3 Å². The van der Waals surface area contributed by atoms with Crippen molar-refractivity contribution in [2.45, 2.75) is 38.9 Å². The van der Waals surface area contributed by atoms with Crippen LogP contribution in [0.1, 0.15) is 27.7 Å². The number of nitrogens with two attached hydrogens (primary N) is 1. The summed E-state index contributed by atoms with van der Waals surface area (Å²) in [5.74, 6) is 0.826. The van der Waals surface area contributed by atoms with E-state index in [1.54, 1.807) is 12.4 Å². The maximum atomic E-state index is 6.08. The van der Waals surface area contributed by atoms with Gasteiger partial charge in [0.1, 0.15) is 11.5 Å². The predicted molar refractivity (Wildman–Crippen MR) is 85.4 cm³/mol. The van der Waals surface area contributed by atoms with Crippen molar-refractivity contribution >= 4 is 18.4 Å². The van der Waals surface area contributed by atoms with Crippen LogP contribution in [-0.2, 0) is 9.31 Å². The monoisotopic (exact) mass is 298 g/mol. The van der Waals surface area contributed by atoms with Gasteiger partial charge in [-0.25, -0.2) is 9.97 Å². The van der Waals surface area contributed by atoms with Crippen LogP contribution in [0.5, 0.6) is 0 Å². The Morgan fingerprint density at radius 3 is 2.27 bits per heavy atom. The van der Waals surface area contributed by atoms with E-state index in [2.05, 4.69) is 15.0 Å². The van der Waals surface area contributed by atoms with E-state index in [0.29, 0.717) is 22.8 Å². The molecule has 6 nitrogen and oxygen atoms in total. The van der Waals surface area contributed by atoms with E-state index in [4.69, 9.17) is 15.0 Å². The number of nitrogen functional groups attached to an aromatic ring is 1. The van der Waals surface area contributed by atoms with Crippen LogP contribution in [0.15, 0.2) is 30.6 Å². The first-order valence-electron chi connectivity index (χ1n) is 7.20. The molecule has 0 amide bonds. The van der Waals surface area contributed by atoms with Crippen LogP contribution in [0.2, 0.25) is 0 Å². The smallest absolute Gasteiger partial charge is 0.399 e. The molecule has 1 fully saturated rings. The van der Waals surface area contributed by atoms with Crippen LogP contribution in [-0.4, -0.2) is 33.3 Å². The number of anilines is 1. The zero-order valence-electron chi connectivity index (χ0n) is 13.2. The summed E-state index contributed by atoms with van der Waals surface area (Å²) in [4.78, 5) is 12.9. The van der Waals surface area contributed by atoms with Gasteiger partial charge in [0.2, 0.25) is 0 Å². The fourth-order valence-electron chi connectivity index (χ4n) is 2.17. The number of nitrogens with zero attached hydrogens (tertiary/aromatic N) is 3. The van der Waals surface area contributed by atoms with Crippen LogP contribution in [0.3, 0.4) is 0 Å². The van der Waals surface area contributed by atoms with Gasteiger partial charge in [-0.05, 0) is 39.8 Å². The minimum Gasteiger partial charge on any atom is -0.399 e. The lowest BCUT2D eigenvalue weighted by Gasteiger charge is -2.32. The number of rotatable bonds is 2. The first-order chi connectivity index (χ1) is 10.3. The Morgan fingerprint density at radius 2 is 1.73 bits per heavy atom. The Labute approximate surface area is 130 Å². The lowest BCUT2D eigenvalue weighted by molar-refractivity contribution is 0.00578. The average molecular weight is 298 g/mol. The molecule has 2 N–H and O–H groups in total. The fraction of sp³-hybridized carbons (Fsp3) is 0.400. The highest BCUT2D eigenvalue weighted by Crippen LogP contribution is 2.36. The zero-order valence-corrected chi connectivity index (χ0v) is 13.2. The molecule has 2 aromatic heterocycles. The molecule has 7 heteroatoms. The molecule has 0 radical (unpaired) electrons. The molecule has 0 aromatic carbocycles. The third-order valence-corrected chi connectivity index (χ3v) is 4.25. The Balaban J connectivity index is 1.91. The van der Waals surface area contributed by atoms with Gasteiger partial charge in [0, 0.05) is 17.9 Å². The summed E-state index contributed by atoms with van der Waals surface area (Å²) in [5.41, 5.74) is 6.54. The summed E-state index contributed by atoms with van der Waals surface area (Å²) < 4.78 is 12.0. The highest BCUT2D eigenvalue weighted by atomic mass is 16.7. The second kappa shape index (κ2) is 5.03. The molecule has 1 saturated heterocycles. The standard InChI is InChI=1S/C15H19BN4O2/c1-14(2)15(3,4)22-16(21-14)10-9-19-13(20-12(10)17)11-7-5-6-8-18-11/h5-9H,1-4H3,(H2,17,19,20). The predicted octanol–water partition coefficient (Wildman–Crippen LogP) is 1.42. The first kappa shape index (κ1) is 14.9. The lowest BCUT2D eigenvalue weighted by Crippen LogP contribution is -2.41. The Bertz CT molecular complexity index is 675. The van der Waals surface area contributed by atoms with Gasteiger partial charge in [-0.3, -0.25) is 4.98 Å². The summed E-state index contributed by atoms with van der Waals surface area (Å²) in [6, 6.07) is 5.55. The maximum Gasteiger partial charge on any atom is 0.500 e. The molecule has 0 unspecified atom stereocenters. The number of pyridine rings is 1. The molecule has 1 aliphatic heterocycles. The van der Waals surface area contributed by atoms with Gasteiger partial charge >= 0.3 is 7.12 Å². The third-order valence-electron chi connectivity index (χ3n) is 4.25. The van der Waals surface area contributed by atoms with Crippen molar-refractivity contribution in [1.82, 2.24) is 15.0 Å². The molecule has 22 heavy (non-hydrogen) atoms. The highest BCUT2D eigenvalue weighted by molar-refractivity contribution is 6.63. The minimum atomic E-state index is -0.567. The molecule has 0 spiro atoms. The normalized spacial score (nSPS) is 19.4. The Morgan fingerprint density at radius 1 is 1.05 bits per heavy atom. The van der Waals surface area contributed by atoms with Crippen LogP contribution in [0.4, 0.5) is 5.82 Å². The summed E-state index contributed by atoms with van der Waals surface area (Å²) in [7, 11) is -0.567. The molecule has 0 aliphatic carbocycles. The van der Waals surface area contributed by atoms with Crippen molar-refractivity contribution in [2.24, 2.45) is 0 Å². The van der Waals surface area contributed by atoms with E-state index in [1.165, 1.54) is 0 Å². The number of hydrogen-bond donors (Lipinski definition) is 1. The van der Waals surface area contributed by atoms with Crippen LogP contribution >= 0.6 is 0 Å². The second-order valence-electron chi connectivity index (χ2n) is 6.34. The average Bonchev–Trinajstić information content (AvgIpc) is 2.68. The molecule has 3 heterocycles. The molecule has 0 bridgehead atoms. The topological polar surface area (TPSA) is 83.2 Å². The van der Waals surface area contributed by atoms with Gasteiger partial charge in [0.15, 0.2) is 5.82 Å². The van der Waals surface area contributed by atoms with Gasteiger partial charge in [0.25, 0.3) is 0 Å². The molecule has 114 valence electrons. The third kappa shape index (κ3) is 2.46. The van der Waals surface area contributed by atoms with Crippen LogP contribution < -0.4 is 11.2 Å². The van der Waals surface area contributed by atoms with Crippen LogP contribution in [0, 0.1) is 0 Å². The van der Waals surface area contributed by atoms with Crippen molar-refractivity contribution in [1.29, 1.82) is 0 Å². The lowest BCUT2D eigenvalue weighted by atomic mass is 9.80. The van der Waals surface area contributed by atoms with Crippen molar-refractivity contribution in [3.05, 3.63) is 30.6 Å². The number of aromatic nitrogens is 3. The molecule has 1 aliphatic rings. The van der Waals surface area contributed by atoms with Gasteiger partial charge < -0.3 is 15.0 Å². The summed E-state index contributed by atoms with van der Waals surface area (Å²) in [6.07, 6.45) is 3.34. The van der Waals surface area contributed by atoms with Crippen molar-refractivity contribution in [2.75, 3.05) is 5.73 Å². The van der Waals surface area contributed by atoms with Gasteiger partial charge in [-0.1, -0.05) is 6.07 Å². The summed E-state index contributed by atoms with van der Waals surface area (Å²) in [5, 5.41) is 0. The van der Waals surface area contributed by atoms with E-state index in [1.807, 2.05) is 45.9 Å². The quantitative estimate of drug-likeness (QED) is 0.844. The van der Waals surface area contributed by atoms with E-state index in [-0.39, 0.29) is 0 Å². The van der Waals surface area contributed by atoms with Crippen LogP contribution in [0.25, 0.3) is 11.5 Å². The van der Waals surface area contributed by atoms with Crippen molar-refractivity contribution in [3.8, 4) is 11.5 Å². The Hall–Kier alpha value is -1.99. The van der Waals surface area contributed by atoms with Gasteiger partial charge in [-0.15, -0.1) is 0 Å². The van der Waals surface area contributed by atoms with E-state index >= 15 is 0 Å². The van der Waals surface area contributed by atoms with Gasteiger partial charge in [0.05, 0.1) is 11.2 Å². The summed E-state index contributed by atoms with van der Waals surface area (Å²) in [6.45, 7) is 7.97. The summed E-state index contributed by atoms with van der Waals surface area (Å²) >= 11 is 0. The largest absolute Gasteiger partial charge is 0.500 e. The maximum absolute atomic E-state index is 6.08.